The Balaban J connectivity index is 1.68. The third kappa shape index (κ3) is 3.41. The molecule has 0 spiro atoms. The lowest BCUT2D eigenvalue weighted by atomic mass is 10.2. The van der Waals surface area contributed by atoms with Gasteiger partial charge in [-0.15, -0.1) is 0 Å². The summed E-state index contributed by atoms with van der Waals surface area (Å²) in [6.45, 7) is 0. The van der Waals surface area contributed by atoms with E-state index in [1.807, 2.05) is 5.38 Å². The summed E-state index contributed by atoms with van der Waals surface area (Å²) in [5, 5.41) is 6.79. The summed E-state index contributed by atoms with van der Waals surface area (Å²) in [7, 11) is 0. The number of benzene rings is 1. The fourth-order valence-electron chi connectivity index (χ4n) is 1.69. The Kier molecular flexibility index (Phi) is 4.32. The van der Waals surface area contributed by atoms with Crippen molar-refractivity contribution in [1.29, 1.82) is 0 Å². The van der Waals surface area contributed by atoms with Gasteiger partial charge in [-0.05, 0) is 35.7 Å². The molecule has 0 bridgehead atoms. The van der Waals surface area contributed by atoms with Crippen LogP contribution in [0.2, 0.25) is 5.02 Å². The number of amides is 1. The Hall–Kier alpha value is -2.44. The van der Waals surface area contributed by atoms with Crippen molar-refractivity contribution in [3.63, 3.8) is 0 Å². The summed E-state index contributed by atoms with van der Waals surface area (Å²) in [4.78, 5) is 19.7. The van der Waals surface area contributed by atoms with E-state index in [0.29, 0.717) is 22.0 Å². The van der Waals surface area contributed by atoms with Crippen LogP contribution >= 0.6 is 22.9 Å². The van der Waals surface area contributed by atoms with Gasteiger partial charge in [-0.25, -0.2) is 9.97 Å². The van der Waals surface area contributed by atoms with Gasteiger partial charge >= 0.3 is 0 Å². The van der Waals surface area contributed by atoms with Gasteiger partial charge in [0.2, 0.25) is 5.88 Å². The third-order valence-electron chi connectivity index (χ3n) is 2.74. The summed E-state index contributed by atoms with van der Waals surface area (Å²) in [5.74, 6) is 0.703. The molecule has 0 aliphatic carbocycles. The summed E-state index contributed by atoms with van der Waals surface area (Å²) >= 11 is 7.40. The van der Waals surface area contributed by atoms with Gasteiger partial charge in [-0.3, -0.25) is 4.79 Å². The number of hydrogen-bond donors (Lipinski definition) is 1. The number of halogens is 1. The van der Waals surface area contributed by atoms with Crippen molar-refractivity contribution in [2.24, 2.45) is 0 Å². The molecule has 3 aromatic rings. The Morgan fingerprint density at radius 3 is 2.73 bits per heavy atom. The van der Waals surface area contributed by atoms with Gasteiger partial charge in [-0.1, -0.05) is 11.6 Å². The molecule has 5 nitrogen and oxygen atoms in total. The lowest BCUT2D eigenvalue weighted by Crippen LogP contribution is -2.10. The highest BCUT2D eigenvalue weighted by Crippen LogP contribution is 2.26. The van der Waals surface area contributed by atoms with E-state index in [1.165, 1.54) is 23.9 Å². The average molecular weight is 332 g/mol. The summed E-state index contributed by atoms with van der Waals surface area (Å²) in [6.07, 6.45) is 2.82. The van der Waals surface area contributed by atoms with Crippen molar-refractivity contribution in [3.8, 4) is 11.6 Å². The fourth-order valence-corrected chi connectivity index (χ4v) is 2.47. The minimum Gasteiger partial charge on any atom is -0.437 e. The van der Waals surface area contributed by atoms with Gasteiger partial charge in [0.15, 0.2) is 0 Å². The summed E-state index contributed by atoms with van der Waals surface area (Å²) in [5.41, 5.74) is 1.32. The molecule has 0 unspecified atom stereocenters. The Labute approximate surface area is 135 Å². The zero-order valence-electron chi connectivity index (χ0n) is 11.2. The zero-order valence-corrected chi connectivity index (χ0v) is 12.8. The van der Waals surface area contributed by atoms with Crippen LogP contribution in [0.1, 0.15) is 10.4 Å². The molecular formula is C15H10ClN3O2S. The number of nitrogens with zero attached hydrogens (tertiary/aromatic N) is 2. The monoisotopic (exact) mass is 331 g/mol. The van der Waals surface area contributed by atoms with Crippen LogP contribution in [0.5, 0.6) is 11.6 Å². The first kappa shape index (κ1) is 14.5. The normalized spacial score (nSPS) is 10.2. The van der Waals surface area contributed by atoms with Gasteiger partial charge < -0.3 is 10.1 Å². The Bertz CT molecular complexity index is 776. The van der Waals surface area contributed by atoms with Crippen molar-refractivity contribution in [2.45, 2.75) is 0 Å². The van der Waals surface area contributed by atoms with E-state index in [9.17, 15) is 4.79 Å². The number of thiophene rings is 1. The van der Waals surface area contributed by atoms with E-state index < -0.39 is 0 Å². The van der Waals surface area contributed by atoms with Crippen LogP contribution in [0.15, 0.2) is 53.6 Å². The highest BCUT2D eigenvalue weighted by atomic mass is 35.5. The molecule has 0 saturated carbocycles. The number of rotatable bonds is 4. The second-order valence-corrected chi connectivity index (χ2v) is 5.46. The van der Waals surface area contributed by atoms with Crippen LogP contribution in [0, 0.1) is 0 Å². The molecule has 2 heterocycles. The molecule has 110 valence electrons. The maximum Gasteiger partial charge on any atom is 0.256 e. The molecule has 1 N–H and O–H groups in total. The van der Waals surface area contributed by atoms with E-state index >= 15 is 0 Å². The predicted octanol–water partition coefficient (Wildman–Crippen LogP) is 4.24. The SMILES string of the molecule is O=C(Nc1ccc(Oc2ncncc2Cl)cc1)c1ccsc1. The Morgan fingerprint density at radius 1 is 1.23 bits per heavy atom. The highest BCUT2D eigenvalue weighted by Gasteiger charge is 2.07. The molecule has 0 aliphatic rings. The van der Waals surface area contributed by atoms with Crippen LogP contribution in [0.4, 0.5) is 5.69 Å². The van der Waals surface area contributed by atoms with E-state index in [4.69, 9.17) is 16.3 Å². The van der Waals surface area contributed by atoms with Crippen LogP contribution in [0.3, 0.4) is 0 Å². The van der Waals surface area contributed by atoms with Crippen LogP contribution < -0.4 is 10.1 Å². The number of ether oxygens (including phenoxy) is 1. The molecule has 3 rings (SSSR count). The molecule has 1 aromatic carbocycles. The Morgan fingerprint density at radius 2 is 2.05 bits per heavy atom. The topological polar surface area (TPSA) is 64.1 Å². The number of aromatic nitrogens is 2. The van der Waals surface area contributed by atoms with Crippen molar-refractivity contribution in [2.75, 3.05) is 5.32 Å². The van der Waals surface area contributed by atoms with Crippen molar-refractivity contribution in [3.05, 3.63) is 64.2 Å². The molecule has 2 aromatic heterocycles. The lowest BCUT2D eigenvalue weighted by molar-refractivity contribution is 0.102. The smallest absolute Gasteiger partial charge is 0.256 e. The molecule has 7 heteroatoms. The van der Waals surface area contributed by atoms with Crippen LogP contribution in [-0.4, -0.2) is 15.9 Å². The number of nitrogens with one attached hydrogen (secondary N) is 1. The zero-order chi connectivity index (χ0) is 15.4. The molecule has 0 saturated heterocycles. The maximum atomic E-state index is 11.9. The quantitative estimate of drug-likeness (QED) is 0.776. The van der Waals surface area contributed by atoms with E-state index in [-0.39, 0.29) is 11.8 Å². The van der Waals surface area contributed by atoms with E-state index in [1.54, 1.807) is 35.7 Å². The lowest BCUT2D eigenvalue weighted by Gasteiger charge is -2.07. The minimum absolute atomic E-state index is 0.145. The van der Waals surface area contributed by atoms with Gasteiger partial charge in [0.25, 0.3) is 5.91 Å². The van der Waals surface area contributed by atoms with Crippen molar-refractivity contribution >= 4 is 34.5 Å². The first-order chi connectivity index (χ1) is 10.7. The van der Waals surface area contributed by atoms with Crippen LogP contribution in [-0.2, 0) is 0 Å². The molecule has 1 amide bonds. The number of carbonyl (C=O) groups excluding carboxylic acids is 1. The third-order valence-corrected chi connectivity index (χ3v) is 3.69. The van der Waals surface area contributed by atoms with Gasteiger partial charge in [-0.2, -0.15) is 11.3 Å². The molecule has 22 heavy (non-hydrogen) atoms. The fraction of sp³-hybridized carbons (Fsp3) is 0. The standard InChI is InChI=1S/C15H10ClN3O2S/c16-13-7-17-9-18-15(13)21-12-3-1-11(2-4-12)19-14(20)10-5-6-22-8-10/h1-9H,(H,19,20). The molecule has 0 atom stereocenters. The number of carbonyl (C=O) groups is 1. The largest absolute Gasteiger partial charge is 0.437 e. The molecular weight excluding hydrogens is 322 g/mol. The summed E-state index contributed by atoms with van der Waals surface area (Å²) in [6, 6.07) is 8.71. The first-order valence-electron chi connectivity index (χ1n) is 6.29. The van der Waals surface area contributed by atoms with Gasteiger partial charge in [0.1, 0.15) is 17.1 Å². The molecule has 0 fully saturated rings. The predicted molar refractivity (Wildman–Crippen MR) is 85.8 cm³/mol. The average Bonchev–Trinajstić information content (AvgIpc) is 3.06. The summed E-state index contributed by atoms with van der Waals surface area (Å²) < 4.78 is 5.55. The first-order valence-corrected chi connectivity index (χ1v) is 7.61. The number of anilines is 1. The maximum absolute atomic E-state index is 11.9. The molecule has 0 radical (unpaired) electrons. The number of hydrogen-bond acceptors (Lipinski definition) is 5. The van der Waals surface area contributed by atoms with Gasteiger partial charge in [0.05, 0.1) is 11.8 Å². The van der Waals surface area contributed by atoms with E-state index in [0.717, 1.165) is 0 Å². The second kappa shape index (κ2) is 6.55. The second-order valence-electron chi connectivity index (χ2n) is 4.27. The molecule has 0 aliphatic heterocycles. The minimum atomic E-state index is -0.145. The highest BCUT2D eigenvalue weighted by molar-refractivity contribution is 7.08. The van der Waals surface area contributed by atoms with Crippen molar-refractivity contribution < 1.29 is 9.53 Å². The van der Waals surface area contributed by atoms with E-state index in [2.05, 4.69) is 15.3 Å². The van der Waals surface area contributed by atoms with Crippen LogP contribution in [0.25, 0.3) is 0 Å². The van der Waals surface area contributed by atoms with Gasteiger partial charge in [0, 0.05) is 11.1 Å². The van der Waals surface area contributed by atoms with Crippen molar-refractivity contribution in [1.82, 2.24) is 9.97 Å².